The Bertz CT molecular complexity index is 3830. The molecule has 10 aromatic carbocycles. The molecule has 4 heteroatoms. The van der Waals surface area contributed by atoms with Crippen LogP contribution in [0.1, 0.15) is 0 Å². The van der Waals surface area contributed by atoms with Crippen LogP contribution in [0, 0.1) is 0 Å². The number of rotatable bonds is 2. The summed E-state index contributed by atoms with van der Waals surface area (Å²) in [6, 6.07) is 62.7. The van der Waals surface area contributed by atoms with Crippen LogP contribution in [0.2, 0.25) is 0 Å². The maximum atomic E-state index is 5.07. The van der Waals surface area contributed by atoms with Crippen LogP contribution in [0.5, 0.6) is 0 Å². The molecule has 4 nitrogen and oxygen atoms in total. The topological polar surface area (TPSA) is 35.6 Å². The van der Waals surface area contributed by atoms with Crippen LogP contribution >= 0.6 is 0 Å². The standard InChI is InChI=1S/C54H30N4/c1-3-9-33-25-39-27-41(17-13-35(39)23-31(33)7-1)57-45-11-5-21-55-53(45)51-43-19-16-38-30-48-52(44-20-15-37(29-47(51)57)49(43)50(38)44)54-46(12-6-22-56-54)58(48)42-18-14-36-24-32-8-2-4-10-34(32)26-40(36)28-42/h1-30H. The van der Waals surface area contributed by atoms with Gasteiger partial charge in [0.1, 0.15) is 0 Å². The van der Waals surface area contributed by atoms with E-state index in [-0.39, 0.29) is 0 Å². The molecular weight excluding hydrogens is 705 g/mol. The molecule has 0 saturated heterocycles. The first-order valence-electron chi connectivity index (χ1n) is 19.9. The van der Waals surface area contributed by atoms with Crippen molar-refractivity contribution < 1.29 is 0 Å². The van der Waals surface area contributed by atoms with Gasteiger partial charge in [0.05, 0.1) is 33.1 Å². The van der Waals surface area contributed by atoms with Crippen LogP contribution in [0.4, 0.5) is 0 Å². The van der Waals surface area contributed by atoms with E-state index in [1.54, 1.807) is 0 Å². The molecule has 0 aliphatic carbocycles. The van der Waals surface area contributed by atoms with Gasteiger partial charge >= 0.3 is 0 Å². The van der Waals surface area contributed by atoms with E-state index in [0.717, 1.165) is 44.5 Å². The van der Waals surface area contributed by atoms with Crippen molar-refractivity contribution in [3.05, 3.63) is 182 Å². The number of pyridine rings is 2. The van der Waals surface area contributed by atoms with Gasteiger partial charge in [-0.05, 0) is 160 Å². The van der Waals surface area contributed by atoms with Gasteiger partial charge in [-0.2, -0.15) is 0 Å². The monoisotopic (exact) mass is 734 g/mol. The Morgan fingerprint density at radius 3 is 1.12 bits per heavy atom. The quantitative estimate of drug-likeness (QED) is 0.131. The van der Waals surface area contributed by atoms with Crippen LogP contribution in [0.15, 0.2) is 182 Å². The van der Waals surface area contributed by atoms with E-state index in [4.69, 9.17) is 9.97 Å². The summed E-state index contributed by atoms with van der Waals surface area (Å²) < 4.78 is 4.81. The number of benzene rings is 10. The molecule has 0 N–H and O–H groups in total. The number of aromatic nitrogens is 4. The fourth-order valence-electron chi connectivity index (χ4n) is 10.3. The Labute approximate surface area is 330 Å². The molecule has 4 aromatic heterocycles. The lowest BCUT2D eigenvalue weighted by Crippen LogP contribution is -1.95. The zero-order valence-corrected chi connectivity index (χ0v) is 31.1. The molecule has 0 saturated carbocycles. The highest BCUT2D eigenvalue weighted by molar-refractivity contribution is 6.37. The normalized spacial score (nSPS) is 12.5. The summed E-state index contributed by atoms with van der Waals surface area (Å²) in [5.74, 6) is 0. The Kier molecular flexibility index (Phi) is 5.73. The van der Waals surface area contributed by atoms with E-state index in [9.17, 15) is 0 Å². The summed E-state index contributed by atoms with van der Waals surface area (Å²) in [5, 5.41) is 19.7. The second-order valence-corrected chi connectivity index (χ2v) is 15.8. The summed E-state index contributed by atoms with van der Waals surface area (Å²) in [6.45, 7) is 0. The fourth-order valence-corrected chi connectivity index (χ4v) is 10.3. The van der Waals surface area contributed by atoms with Crippen molar-refractivity contribution in [3.63, 3.8) is 0 Å². The molecule has 14 aromatic rings. The van der Waals surface area contributed by atoms with Crippen LogP contribution < -0.4 is 0 Å². The van der Waals surface area contributed by atoms with Crippen LogP contribution in [0.3, 0.4) is 0 Å². The second-order valence-electron chi connectivity index (χ2n) is 15.8. The zero-order valence-electron chi connectivity index (χ0n) is 31.1. The summed E-state index contributed by atoms with van der Waals surface area (Å²) in [4.78, 5) is 10.1. The largest absolute Gasteiger partial charge is 0.308 e. The van der Waals surface area contributed by atoms with Gasteiger partial charge in [0.25, 0.3) is 0 Å². The number of hydrogen-bond donors (Lipinski definition) is 0. The molecule has 0 bridgehead atoms. The molecule has 0 radical (unpaired) electrons. The smallest absolute Gasteiger partial charge is 0.0969 e. The van der Waals surface area contributed by atoms with Crippen molar-refractivity contribution in [3.8, 4) is 11.4 Å². The number of hydrogen-bond acceptors (Lipinski definition) is 2. The molecule has 58 heavy (non-hydrogen) atoms. The Balaban J connectivity index is 1.05. The van der Waals surface area contributed by atoms with Crippen molar-refractivity contribution in [1.82, 2.24) is 19.1 Å². The van der Waals surface area contributed by atoms with Crippen molar-refractivity contribution in [1.29, 1.82) is 0 Å². The highest BCUT2D eigenvalue weighted by atomic mass is 15.0. The molecule has 0 spiro atoms. The molecule has 0 amide bonds. The highest BCUT2D eigenvalue weighted by Crippen LogP contribution is 2.46. The minimum absolute atomic E-state index is 1.02. The van der Waals surface area contributed by atoms with Crippen LogP contribution in [-0.4, -0.2) is 19.1 Å². The van der Waals surface area contributed by atoms with Crippen molar-refractivity contribution in [2.45, 2.75) is 0 Å². The van der Waals surface area contributed by atoms with Crippen LogP contribution in [0.25, 0.3) is 131 Å². The number of fused-ring (bicyclic) bond motifs is 12. The average Bonchev–Trinajstić information content (AvgIpc) is 3.78. The first kappa shape index (κ1) is 30.4. The molecule has 0 atom stereocenters. The van der Waals surface area contributed by atoms with Gasteiger partial charge in [0, 0.05) is 34.5 Å². The Morgan fingerprint density at radius 2 is 0.672 bits per heavy atom. The fraction of sp³-hybridized carbons (Fsp3) is 0. The number of nitrogens with zero attached hydrogens (tertiary/aromatic N) is 4. The summed E-state index contributed by atoms with van der Waals surface area (Å²) in [7, 11) is 0. The van der Waals surface area contributed by atoms with Gasteiger partial charge in [-0.3, -0.25) is 9.97 Å². The predicted octanol–water partition coefficient (Wildman–Crippen LogP) is 14.2. The lowest BCUT2D eigenvalue weighted by Gasteiger charge is -2.15. The van der Waals surface area contributed by atoms with E-state index in [1.807, 2.05) is 12.4 Å². The summed E-state index contributed by atoms with van der Waals surface area (Å²) in [5.41, 5.74) is 8.82. The van der Waals surface area contributed by atoms with E-state index >= 15 is 0 Å². The molecule has 0 fully saturated rings. The van der Waals surface area contributed by atoms with Crippen molar-refractivity contribution >= 4 is 119 Å². The Morgan fingerprint density at radius 1 is 0.276 bits per heavy atom. The maximum Gasteiger partial charge on any atom is 0.0969 e. The minimum Gasteiger partial charge on any atom is -0.308 e. The van der Waals surface area contributed by atoms with Crippen LogP contribution in [-0.2, 0) is 0 Å². The van der Waals surface area contributed by atoms with E-state index in [2.05, 4.69) is 179 Å². The van der Waals surface area contributed by atoms with Gasteiger partial charge < -0.3 is 9.13 Å². The highest BCUT2D eigenvalue weighted by Gasteiger charge is 2.23. The molecule has 266 valence electrons. The molecule has 14 rings (SSSR count). The third-order valence-electron chi connectivity index (χ3n) is 12.8. The van der Waals surface area contributed by atoms with E-state index in [1.165, 1.54) is 86.2 Å². The SMILES string of the molecule is c1ccc2cc3cc(-n4c5cccnc5c5c6ccc7cc8c(c9ccc(cc54)c6c79)c4ncccc4n8-c4ccc5cc6ccccc6cc5c4)ccc3cc2c1. The van der Waals surface area contributed by atoms with Gasteiger partial charge in [-0.25, -0.2) is 0 Å². The lowest BCUT2D eigenvalue weighted by molar-refractivity contribution is 1.18. The Hall–Kier alpha value is -7.82. The molecular formula is C54H30N4. The van der Waals surface area contributed by atoms with E-state index < -0.39 is 0 Å². The van der Waals surface area contributed by atoms with Gasteiger partial charge in [-0.1, -0.05) is 84.9 Å². The van der Waals surface area contributed by atoms with Gasteiger partial charge in [0.2, 0.25) is 0 Å². The van der Waals surface area contributed by atoms with Crippen molar-refractivity contribution in [2.75, 3.05) is 0 Å². The molecule has 4 heterocycles. The zero-order chi connectivity index (χ0) is 37.6. The average molecular weight is 735 g/mol. The molecule has 0 aliphatic heterocycles. The third kappa shape index (κ3) is 3.98. The first-order chi connectivity index (χ1) is 28.7. The van der Waals surface area contributed by atoms with Crippen molar-refractivity contribution in [2.24, 2.45) is 0 Å². The summed E-state index contributed by atoms with van der Waals surface area (Å²) in [6.07, 6.45) is 3.85. The third-order valence-corrected chi connectivity index (χ3v) is 12.8. The second kappa shape index (κ2) is 10.9. The molecule has 0 aliphatic rings. The maximum absolute atomic E-state index is 5.07. The summed E-state index contributed by atoms with van der Waals surface area (Å²) >= 11 is 0. The van der Waals surface area contributed by atoms with Gasteiger partial charge in [0.15, 0.2) is 0 Å². The first-order valence-corrected chi connectivity index (χ1v) is 19.9. The minimum atomic E-state index is 1.02. The van der Waals surface area contributed by atoms with Gasteiger partial charge in [-0.15, -0.1) is 0 Å². The van der Waals surface area contributed by atoms with E-state index in [0.29, 0.717) is 0 Å². The predicted molar refractivity (Wildman–Crippen MR) is 244 cm³/mol. The lowest BCUT2D eigenvalue weighted by atomic mass is 9.91. The molecule has 0 unspecified atom stereocenters.